The van der Waals surface area contributed by atoms with Gasteiger partial charge in [-0.05, 0) is 17.7 Å². The first kappa shape index (κ1) is 7.43. The van der Waals surface area contributed by atoms with Crippen LogP contribution in [0.25, 0.3) is 11.0 Å². The summed E-state index contributed by atoms with van der Waals surface area (Å²) >= 11 is 5.67. The SMILES string of the molecule is Nc1nc2ccc(CCl)cc2[nH]1. The van der Waals surface area contributed by atoms with E-state index in [0.717, 1.165) is 16.6 Å². The summed E-state index contributed by atoms with van der Waals surface area (Å²) < 4.78 is 0. The molecule has 2 aromatic rings. The van der Waals surface area contributed by atoms with Crippen LogP contribution in [-0.2, 0) is 5.88 Å². The number of H-pyrrole nitrogens is 1. The minimum absolute atomic E-state index is 0.441. The number of benzene rings is 1. The molecule has 62 valence electrons. The largest absolute Gasteiger partial charge is 0.369 e. The molecule has 1 aromatic carbocycles. The van der Waals surface area contributed by atoms with Gasteiger partial charge in [0.25, 0.3) is 0 Å². The first-order chi connectivity index (χ1) is 5.79. The lowest BCUT2D eigenvalue weighted by Gasteiger charge is -1.92. The molecule has 0 unspecified atom stereocenters. The van der Waals surface area contributed by atoms with Crippen molar-refractivity contribution in [1.82, 2.24) is 9.97 Å². The lowest BCUT2D eigenvalue weighted by atomic mass is 10.2. The Bertz CT molecular complexity index is 408. The monoisotopic (exact) mass is 181 g/mol. The Hall–Kier alpha value is -1.22. The van der Waals surface area contributed by atoms with Crippen LogP contribution in [0.1, 0.15) is 5.56 Å². The number of halogens is 1. The zero-order valence-corrected chi connectivity index (χ0v) is 7.10. The van der Waals surface area contributed by atoms with Gasteiger partial charge in [0, 0.05) is 5.88 Å². The van der Waals surface area contributed by atoms with Crippen molar-refractivity contribution in [1.29, 1.82) is 0 Å². The van der Waals surface area contributed by atoms with Crippen molar-refractivity contribution in [3.63, 3.8) is 0 Å². The Balaban J connectivity index is 2.66. The van der Waals surface area contributed by atoms with Crippen molar-refractivity contribution in [2.75, 3.05) is 5.73 Å². The molecule has 0 bridgehead atoms. The van der Waals surface area contributed by atoms with E-state index < -0.39 is 0 Å². The van der Waals surface area contributed by atoms with Gasteiger partial charge in [0.15, 0.2) is 5.95 Å². The molecule has 0 spiro atoms. The Labute approximate surface area is 74.5 Å². The van der Waals surface area contributed by atoms with E-state index in [2.05, 4.69) is 9.97 Å². The van der Waals surface area contributed by atoms with Crippen LogP contribution >= 0.6 is 11.6 Å². The average Bonchev–Trinajstić information content (AvgIpc) is 2.43. The van der Waals surface area contributed by atoms with Crippen molar-refractivity contribution >= 4 is 28.6 Å². The van der Waals surface area contributed by atoms with Crippen LogP contribution in [0, 0.1) is 0 Å². The summed E-state index contributed by atoms with van der Waals surface area (Å²) in [5, 5.41) is 0. The van der Waals surface area contributed by atoms with Crippen molar-refractivity contribution in [3.05, 3.63) is 23.8 Å². The van der Waals surface area contributed by atoms with Gasteiger partial charge in [0.1, 0.15) is 0 Å². The van der Waals surface area contributed by atoms with Gasteiger partial charge in [0.2, 0.25) is 0 Å². The van der Waals surface area contributed by atoms with Crippen LogP contribution in [0.5, 0.6) is 0 Å². The van der Waals surface area contributed by atoms with Gasteiger partial charge in [-0.15, -0.1) is 11.6 Å². The second-order valence-electron chi connectivity index (χ2n) is 2.61. The molecule has 12 heavy (non-hydrogen) atoms. The number of anilines is 1. The number of rotatable bonds is 1. The van der Waals surface area contributed by atoms with Gasteiger partial charge in [-0.25, -0.2) is 4.98 Å². The van der Waals surface area contributed by atoms with Crippen LogP contribution in [0.2, 0.25) is 0 Å². The highest BCUT2D eigenvalue weighted by Crippen LogP contribution is 2.15. The molecule has 0 radical (unpaired) electrons. The first-order valence-corrected chi connectivity index (χ1v) is 4.13. The van der Waals surface area contributed by atoms with E-state index in [1.54, 1.807) is 0 Å². The van der Waals surface area contributed by atoms with Gasteiger partial charge in [-0.1, -0.05) is 6.07 Å². The summed E-state index contributed by atoms with van der Waals surface area (Å²) in [7, 11) is 0. The zero-order valence-electron chi connectivity index (χ0n) is 6.34. The van der Waals surface area contributed by atoms with Gasteiger partial charge >= 0.3 is 0 Å². The highest BCUT2D eigenvalue weighted by molar-refractivity contribution is 6.17. The smallest absolute Gasteiger partial charge is 0.198 e. The quantitative estimate of drug-likeness (QED) is 0.660. The standard InChI is InChI=1S/C8H8ClN3/c9-4-5-1-2-6-7(3-5)12-8(10)11-6/h1-3H,4H2,(H3,10,11,12). The Morgan fingerprint density at radius 3 is 3.08 bits per heavy atom. The third-order valence-corrected chi connectivity index (χ3v) is 2.03. The fourth-order valence-electron chi connectivity index (χ4n) is 1.16. The van der Waals surface area contributed by atoms with Crippen LogP contribution in [0.3, 0.4) is 0 Å². The van der Waals surface area contributed by atoms with E-state index in [9.17, 15) is 0 Å². The lowest BCUT2D eigenvalue weighted by molar-refractivity contribution is 1.35. The number of hydrogen-bond acceptors (Lipinski definition) is 2. The maximum Gasteiger partial charge on any atom is 0.198 e. The highest BCUT2D eigenvalue weighted by atomic mass is 35.5. The molecular weight excluding hydrogens is 174 g/mol. The predicted octanol–water partition coefficient (Wildman–Crippen LogP) is 1.88. The molecule has 0 amide bonds. The van der Waals surface area contributed by atoms with Crippen LogP contribution in [-0.4, -0.2) is 9.97 Å². The Morgan fingerprint density at radius 2 is 2.33 bits per heavy atom. The molecule has 0 fully saturated rings. The van der Waals surface area contributed by atoms with Crippen molar-refractivity contribution < 1.29 is 0 Å². The fourth-order valence-corrected chi connectivity index (χ4v) is 1.33. The number of nitrogen functional groups attached to an aromatic ring is 1. The van der Waals surface area contributed by atoms with E-state index in [1.807, 2.05) is 18.2 Å². The summed E-state index contributed by atoms with van der Waals surface area (Å²) in [6.07, 6.45) is 0. The Morgan fingerprint density at radius 1 is 1.50 bits per heavy atom. The molecule has 1 heterocycles. The van der Waals surface area contributed by atoms with Gasteiger partial charge in [-0.3, -0.25) is 0 Å². The van der Waals surface area contributed by atoms with Crippen LogP contribution < -0.4 is 5.73 Å². The first-order valence-electron chi connectivity index (χ1n) is 3.59. The summed E-state index contributed by atoms with van der Waals surface area (Å²) in [6.45, 7) is 0. The molecule has 0 saturated heterocycles. The Kier molecular flexibility index (Phi) is 1.66. The third kappa shape index (κ3) is 1.12. The number of nitrogens with one attached hydrogen (secondary N) is 1. The number of fused-ring (bicyclic) bond motifs is 1. The fraction of sp³-hybridized carbons (Fsp3) is 0.125. The van der Waals surface area contributed by atoms with Crippen molar-refractivity contribution in [2.24, 2.45) is 0 Å². The summed E-state index contributed by atoms with van der Waals surface area (Å²) in [4.78, 5) is 7.01. The van der Waals surface area contributed by atoms with Crippen LogP contribution in [0.4, 0.5) is 5.95 Å². The van der Waals surface area contributed by atoms with Crippen molar-refractivity contribution in [2.45, 2.75) is 5.88 Å². The molecule has 0 saturated carbocycles. The van der Waals surface area contributed by atoms with E-state index in [0.29, 0.717) is 11.8 Å². The molecule has 0 aliphatic rings. The molecule has 4 heteroatoms. The van der Waals surface area contributed by atoms with E-state index in [-0.39, 0.29) is 0 Å². The predicted molar refractivity (Wildman–Crippen MR) is 50.1 cm³/mol. The zero-order chi connectivity index (χ0) is 8.55. The highest BCUT2D eigenvalue weighted by Gasteiger charge is 1.99. The van der Waals surface area contributed by atoms with Gasteiger partial charge in [-0.2, -0.15) is 0 Å². The number of alkyl halides is 1. The molecule has 1 aromatic heterocycles. The third-order valence-electron chi connectivity index (χ3n) is 1.72. The average molecular weight is 182 g/mol. The molecular formula is C8H8ClN3. The molecule has 0 aliphatic heterocycles. The summed E-state index contributed by atoms with van der Waals surface area (Å²) in [5.41, 5.74) is 8.36. The van der Waals surface area contributed by atoms with Gasteiger partial charge in [0.05, 0.1) is 11.0 Å². The number of aromatic nitrogens is 2. The number of nitrogens with zero attached hydrogens (tertiary/aromatic N) is 1. The number of imidazole rings is 1. The maximum absolute atomic E-state index is 5.67. The molecule has 3 N–H and O–H groups in total. The maximum atomic E-state index is 5.67. The molecule has 2 rings (SSSR count). The number of aromatic amines is 1. The topological polar surface area (TPSA) is 54.7 Å². The van der Waals surface area contributed by atoms with E-state index in [4.69, 9.17) is 17.3 Å². The lowest BCUT2D eigenvalue weighted by Crippen LogP contribution is -1.84. The molecule has 3 nitrogen and oxygen atoms in total. The summed E-state index contributed by atoms with van der Waals surface area (Å²) in [6, 6.07) is 5.79. The second kappa shape index (κ2) is 2.68. The van der Waals surface area contributed by atoms with E-state index >= 15 is 0 Å². The second-order valence-corrected chi connectivity index (χ2v) is 2.87. The molecule has 0 aliphatic carbocycles. The van der Waals surface area contributed by atoms with Crippen LogP contribution in [0.15, 0.2) is 18.2 Å². The minimum Gasteiger partial charge on any atom is -0.369 e. The van der Waals surface area contributed by atoms with E-state index in [1.165, 1.54) is 0 Å². The molecule has 0 atom stereocenters. The summed E-state index contributed by atoms with van der Waals surface area (Å²) in [5.74, 6) is 0.950. The normalized spacial score (nSPS) is 10.8. The van der Waals surface area contributed by atoms with Gasteiger partial charge < -0.3 is 10.7 Å². The van der Waals surface area contributed by atoms with Crippen molar-refractivity contribution in [3.8, 4) is 0 Å². The number of hydrogen-bond donors (Lipinski definition) is 2. The minimum atomic E-state index is 0.441. The number of nitrogens with two attached hydrogens (primary N) is 1.